The first-order valence-corrected chi connectivity index (χ1v) is 3.12. The molecule has 0 heterocycles. The minimum Gasteiger partial charge on any atom is -0.464 e. The third-order valence-corrected chi connectivity index (χ3v) is 0.728. The molecule has 3 heteroatoms. The summed E-state index contributed by atoms with van der Waals surface area (Å²) < 4.78 is 4.64. The fourth-order valence-electron chi connectivity index (χ4n) is 0.273. The largest absolute Gasteiger partial charge is 0.464 e. The van der Waals surface area contributed by atoms with Gasteiger partial charge in [0.25, 0.3) is 0 Å². The number of rotatable bonds is 2. The summed E-state index contributed by atoms with van der Waals surface area (Å²) in [6.07, 6.45) is 0. The molecule has 0 N–H and O–H groups in total. The molecule has 0 bridgehead atoms. The quantitative estimate of drug-likeness (QED) is 0.441. The normalized spacial score (nSPS) is 11.1. The summed E-state index contributed by atoms with van der Waals surface area (Å²) in [5, 5.41) is 0. The zero-order valence-electron chi connectivity index (χ0n) is 5.90. The van der Waals surface area contributed by atoms with Crippen molar-refractivity contribution in [3.8, 4) is 0 Å². The minimum absolute atomic E-state index is 0.268. The van der Waals surface area contributed by atoms with Crippen LogP contribution in [0.4, 0.5) is 0 Å². The van der Waals surface area contributed by atoms with E-state index in [2.05, 4.69) is 4.74 Å². The van der Waals surface area contributed by atoms with E-state index >= 15 is 0 Å². The van der Waals surface area contributed by atoms with E-state index < -0.39 is 4.87 Å². The van der Waals surface area contributed by atoms with Crippen molar-refractivity contribution in [2.24, 2.45) is 0 Å². The highest BCUT2D eigenvalue weighted by atomic mass is 35.5. The molecule has 0 aliphatic carbocycles. The molecule has 0 aliphatic heterocycles. The van der Waals surface area contributed by atoms with E-state index in [0.717, 1.165) is 0 Å². The number of carbonyl (C=O) groups is 1. The lowest BCUT2D eigenvalue weighted by atomic mass is 10.2. The predicted octanol–water partition coefficient (Wildman–Crippen LogP) is 1.57. The average molecular weight is 151 g/mol. The van der Waals surface area contributed by atoms with E-state index in [0.29, 0.717) is 0 Å². The van der Waals surface area contributed by atoms with Crippen molar-refractivity contribution in [1.29, 1.82) is 0 Å². The van der Waals surface area contributed by atoms with Gasteiger partial charge in [-0.25, -0.2) is 0 Å². The van der Waals surface area contributed by atoms with Gasteiger partial charge >= 0.3 is 5.97 Å². The van der Waals surface area contributed by atoms with Gasteiger partial charge in [0.05, 0.1) is 4.87 Å². The topological polar surface area (TPSA) is 26.3 Å². The van der Waals surface area contributed by atoms with E-state index in [-0.39, 0.29) is 12.6 Å². The molecule has 0 rings (SSSR count). The summed E-state index contributed by atoms with van der Waals surface area (Å²) in [6.45, 7) is 5.21. The van der Waals surface area contributed by atoms with E-state index in [1.54, 1.807) is 13.8 Å². The highest BCUT2D eigenvalue weighted by molar-refractivity contribution is 6.23. The van der Waals surface area contributed by atoms with Crippen molar-refractivity contribution in [2.45, 2.75) is 25.6 Å². The Balaban J connectivity index is 3.39. The first-order valence-electron chi connectivity index (χ1n) is 2.74. The lowest BCUT2D eigenvalue weighted by molar-refractivity contribution is -0.141. The maximum Gasteiger partial charge on any atom is 0.302 e. The van der Waals surface area contributed by atoms with Crippen LogP contribution in [0.3, 0.4) is 0 Å². The van der Waals surface area contributed by atoms with Gasteiger partial charge in [-0.3, -0.25) is 4.79 Å². The monoisotopic (exact) mass is 150 g/mol. The molecule has 2 nitrogen and oxygen atoms in total. The number of hydrogen-bond donors (Lipinski definition) is 0. The SMILES string of the molecule is CC(=O)OCC(C)(C)Cl. The average Bonchev–Trinajstić information content (AvgIpc) is 1.59. The van der Waals surface area contributed by atoms with Gasteiger partial charge in [-0.1, -0.05) is 0 Å². The van der Waals surface area contributed by atoms with Gasteiger partial charge < -0.3 is 4.74 Å². The smallest absolute Gasteiger partial charge is 0.302 e. The molecule has 54 valence electrons. The van der Waals surface area contributed by atoms with Crippen LogP contribution in [0.15, 0.2) is 0 Å². The van der Waals surface area contributed by atoms with Crippen LogP contribution in [0.25, 0.3) is 0 Å². The molecule has 0 saturated heterocycles. The maximum atomic E-state index is 10.2. The number of ether oxygens (including phenoxy) is 1. The number of esters is 1. The second-order valence-electron chi connectivity index (χ2n) is 2.50. The predicted molar refractivity (Wildman–Crippen MR) is 36.6 cm³/mol. The van der Waals surface area contributed by atoms with Crippen molar-refractivity contribution in [3.05, 3.63) is 0 Å². The van der Waals surface area contributed by atoms with Crippen LogP contribution in [0.2, 0.25) is 0 Å². The third kappa shape index (κ3) is 7.76. The van der Waals surface area contributed by atoms with Crippen LogP contribution in [-0.2, 0) is 9.53 Å². The fraction of sp³-hybridized carbons (Fsp3) is 0.833. The number of carbonyl (C=O) groups excluding carboxylic acids is 1. The zero-order chi connectivity index (χ0) is 7.49. The molecule has 0 atom stereocenters. The van der Waals surface area contributed by atoms with Crippen molar-refractivity contribution in [1.82, 2.24) is 0 Å². The Hall–Kier alpha value is -0.240. The molecule has 0 saturated carbocycles. The zero-order valence-corrected chi connectivity index (χ0v) is 6.66. The van der Waals surface area contributed by atoms with Gasteiger partial charge in [-0.05, 0) is 13.8 Å². The molecule has 0 fully saturated rings. The third-order valence-electron chi connectivity index (χ3n) is 0.619. The highest BCUT2D eigenvalue weighted by Crippen LogP contribution is 2.11. The van der Waals surface area contributed by atoms with Crippen LogP contribution in [0.1, 0.15) is 20.8 Å². The maximum absolute atomic E-state index is 10.2. The van der Waals surface area contributed by atoms with Crippen molar-refractivity contribution >= 4 is 17.6 Å². The molecule has 0 aliphatic rings. The second-order valence-corrected chi connectivity index (χ2v) is 3.52. The Morgan fingerprint density at radius 2 is 2.11 bits per heavy atom. The summed E-state index contributed by atoms with van der Waals surface area (Å²) in [7, 11) is 0. The molecule has 0 amide bonds. The molecular formula is C6H11ClO2. The number of hydrogen-bond acceptors (Lipinski definition) is 2. The standard InChI is InChI=1S/C6H11ClO2/c1-5(8)9-4-6(2,3)7/h4H2,1-3H3. The van der Waals surface area contributed by atoms with Crippen LogP contribution in [0, 0.1) is 0 Å². The lowest BCUT2D eigenvalue weighted by Crippen LogP contribution is -2.20. The van der Waals surface area contributed by atoms with E-state index in [9.17, 15) is 4.79 Å². The second kappa shape index (κ2) is 3.06. The number of alkyl halides is 1. The molecule has 0 aromatic rings. The minimum atomic E-state index is -0.439. The summed E-state index contributed by atoms with van der Waals surface area (Å²) in [6, 6.07) is 0. The Kier molecular flexibility index (Phi) is 2.98. The first kappa shape index (κ1) is 8.76. The van der Waals surface area contributed by atoms with Crippen LogP contribution >= 0.6 is 11.6 Å². The molecular weight excluding hydrogens is 140 g/mol. The fourth-order valence-corrected chi connectivity index (χ4v) is 0.328. The highest BCUT2D eigenvalue weighted by Gasteiger charge is 2.14. The Bertz CT molecular complexity index is 104. The first-order chi connectivity index (χ1) is 3.92. The molecule has 9 heavy (non-hydrogen) atoms. The summed E-state index contributed by atoms with van der Waals surface area (Å²) in [4.78, 5) is 9.77. The molecule has 0 aromatic carbocycles. The summed E-state index contributed by atoms with van der Waals surface area (Å²) >= 11 is 5.70. The van der Waals surface area contributed by atoms with Crippen LogP contribution < -0.4 is 0 Å². The Morgan fingerprint density at radius 3 is 2.22 bits per heavy atom. The van der Waals surface area contributed by atoms with Crippen LogP contribution in [-0.4, -0.2) is 17.5 Å². The van der Waals surface area contributed by atoms with E-state index in [4.69, 9.17) is 11.6 Å². The van der Waals surface area contributed by atoms with E-state index in [1.807, 2.05) is 0 Å². The van der Waals surface area contributed by atoms with Crippen LogP contribution in [0.5, 0.6) is 0 Å². The van der Waals surface area contributed by atoms with Gasteiger partial charge in [-0.2, -0.15) is 0 Å². The number of halogens is 1. The van der Waals surface area contributed by atoms with Gasteiger partial charge in [0.2, 0.25) is 0 Å². The van der Waals surface area contributed by atoms with Gasteiger partial charge in [0, 0.05) is 6.92 Å². The summed E-state index contributed by atoms with van der Waals surface area (Å²) in [5.74, 6) is -0.288. The molecule has 0 spiro atoms. The van der Waals surface area contributed by atoms with E-state index in [1.165, 1.54) is 6.92 Å². The van der Waals surface area contributed by atoms with Crippen molar-refractivity contribution in [2.75, 3.05) is 6.61 Å². The molecule has 0 radical (unpaired) electrons. The van der Waals surface area contributed by atoms with Crippen molar-refractivity contribution < 1.29 is 9.53 Å². The Labute approximate surface area is 60.1 Å². The lowest BCUT2D eigenvalue weighted by Gasteiger charge is -2.13. The van der Waals surface area contributed by atoms with Gasteiger partial charge in [0.1, 0.15) is 6.61 Å². The van der Waals surface area contributed by atoms with Gasteiger partial charge in [0.15, 0.2) is 0 Å². The van der Waals surface area contributed by atoms with Crippen molar-refractivity contribution in [3.63, 3.8) is 0 Å². The van der Waals surface area contributed by atoms with Gasteiger partial charge in [-0.15, -0.1) is 11.6 Å². The molecule has 0 aromatic heterocycles. The summed E-state index contributed by atoms with van der Waals surface area (Å²) in [5.41, 5.74) is 0. The Morgan fingerprint density at radius 1 is 1.67 bits per heavy atom. The molecule has 0 unspecified atom stereocenters.